The summed E-state index contributed by atoms with van der Waals surface area (Å²) in [5.74, 6) is 3.15. The fourth-order valence-electron chi connectivity index (χ4n) is 7.42. The number of pyridine rings is 1. The number of hydrogen-bond donors (Lipinski definition) is 0. The fraction of sp³-hybridized carbons (Fsp3) is 0.656. The van der Waals surface area contributed by atoms with E-state index < -0.39 is 0 Å². The predicted molar refractivity (Wildman–Crippen MR) is 155 cm³/mol. The Morgan fingerprint density at radius 3 is 2.73 bits per heavy atom. The van der Waals surface area contributed by atoms with Crippen LogP contribution in [0.3, 0.4) is 0 Å². The van der Waals surface area contributed by atoms with Gasteiger partial charge in [-0.1, -0.05) is 32.9 Å². The smallest absolute Gasteiger partial charge is 0.138 e. The zero-order chi connectivity index (χ0) is 26.9. The molecule has 3 aliphatic rings. The number of fused-ring (bicyclic) bond motifs is 3. The number of likely N-dealkylation sites (tertiary alicyclic amines) is 1. The summed E-state index contributed by atoms with van der Waals surface area (Å²) in [6.07, 6.45) is 20.8. The van der Waals surface area contributed by atoms with E-state index >= 15 is 0 Å². The van der Waals surface area contributed by atoms with Gasteiger partial charge in [0, 0.05) is 30.6 Å². The molecule has 0 N–H and O–H groups in total. The van der Waals surface area contributed by atoms with E-state index in [0.29, 0.717) is 6.42 Å². The SMILES string of the molecule is C=CN=CC.CCCOc1cncc(C2=CCC3C4CCN(C)C(C)(CCCCC=O)C4CCC23C)c1. The first-order valence-electron chi connectivity index (χ1n) is 14.4. The zero-order valence-corrected chi connectivity index (χ0v) is 23.9. The van der Waals surface area contributed by atoms with E-state index in [1.165, 1.54) is 56.0 Å². The molecule has 5 heteroatoms. The van der Waals surface area contributed by atoms with Gasteiger partial charge in [0.25, 0.3) is 0 Å². The molecule has 4 rings (SSSR count). The highest BCUT2D eigenvalue weighted by atomic mass is 16.5. The Morgan fingerprint density at radius 2 is 2.05 bits per heavy atom. The van der Waals surface area contributed by atoms with Gasteiger partial charge in [-0.3, -0.25) is 9.98 Å². The number of carbonyl (C=O) groups excluding carboxylic acids is 1. The summed E-state index contributed by atoms with van der Waals surface area (Å²) in [5, 5.41) is 0. The minimum absolute atomic E-state index is 0.237. The average Bonchev–Trinajstić information content (AvgIpc) is 3.26. The van der Waals surface area contributed by atoms with Crippen molar-refractivity contribution in [3.63, 3.8) is 0 Å². The van der Waals surface area contributed by atoms with Crippen molar-refractivity contribution in [2.24, 2.45) is 28.2 Å². The van der Waals surface area contributed by atoms with E-state index in [0.717, 1.165) is 55.7 Å². The second-order valence-electron chi connectivity index (χ2n) is 11.5. The second kappa shape index (κ2) is 13.5. The average molecular weight is 508 g/mol. The van der Waals surface area contributed by atoms with E-state index in [-0.39, 0.29) is 11.0 Å². The number of aromatic nitrogens is 1. The maximum atomic E-state index is 10.8. The normalized spacial score (nSPS) is 31.1. The third-order valence-electron chi connectivity index (χ3n) is 9.49. The summed E-state index contributed by atoms with van der Waals surface area (Å²) in [6.45, 7) is 14.3. The van der Waals surface area contributed by atoms with Gasteiger partial charge in [-0.25, -0.2) is 0 Å². The molecule has 0 spiro atoms. The first-order valence-corrected chi connectivity index (χ1v) is 14.4. The summed E-state index contributed by atoms with van der Waals surface area (Å²) >= 11 is 0. The van der Waals surface area contributed by atoms with Crippen LogP contribution in [0.25, 0.3) is 5.57 Å². The number of aldehydes is 1. The van der Waals surface area contributed by atoms with Gasteiger partial charge in [0.2, 0.25) is 0 Å². The lowest BCUT2D eigenvalue weighted by molar-refractivity contribution is -0.108. The van der Waals surface area contributed by atoms with Crippen LogP contribution in [0.2, 0.25) is 0 Å². The maximum absolute atomic E-state index is 10.8. The first kappa shape index (κ1) is 29.3. The maximum Gasteiger partial charge on any atom is 0.138 e. The molecule has 2 aliphatic carbocycles. The van der Waals surface area contributed by atoms with Gasteiger partial charge in [0.05, 0.1) is 12.8 Å². The minimum Gasteiger partial charge on any atom is -0.492 e. The molecule has 37 heavy (non-hydrogen) atoms. The number of carbonyl (C=O) groups is 1. The van der Waals surface area contributed by atoms with Crippen LogP contribution in [-0.2, 0) is 4.79 Å². The molecule has 2 heterocycles. The van der Waals surface area contributed by atoms with Crippen molar-refractivity contribution in [2.45, 2.75) is 91.0 Å². The van der Waals surface area contributed by atoms with Crippen molar-refractivity contribution in [1.29, 1.82) is 0 Å². The van der Waals surface area contributed by atoms with Crippen LogP contribution in [0.15, 0.2) is 42.3 Å². The summed E-state index contributed by atoms with van der Waals surface area (Å²) in [5.41, 5.74) is 3.25. The third kappa shape index (κ3) is 6.42. The van der Waals surface area contributed by atoms with Gasteiger partial charge < -0.3 is 14.4 Å². The summed E-state index contributed by atoms with van der Waals surface area (Å²) in [4.78, 5) is 21.5. The fourth-order valence-corrected chi connectivity index (χ4v) is 7.42. The summed E-state index contributed by atoms with van der Waals surface area (Å²) in [6, 6.07) is 2.21. The second-order valence-corrected chi connectivity index (χ2v) is 11.5. The Hall–Kier alpha value is -2.27. The first-order chi connectivity index (χ1) is 17.9. The number of hydrogen-bond acceptors (Lipinski definition) is 5. The lowest BCUT2D eigenvalue weighted by atomic mass is 9.52. The highest BCUT2D eigenvalue weighted by Gasteiger charge is 2.56. The molecule has 0 radical (unpaired) electrons. The molecular weight excluding hydrogens is 458 g/mol. The molecule has 1 aromatic rings. The van der Waals surface area contributed by atoms with Gasteiger partial charge in [0.1, 0.15) is 12.0 Å². The van der Waals surface area contributed by atoms with Gasteiger partial charge >= 0.3 is 0 Å². The van der Waals surface area contributed by atoms with Crippen LogP contribution < -0.4 is 4.74 Å². The zero-order valence-electron chi connectivity index (χ0n) is 23.9. The lowest BCUT2D eigenvalue weighted by Gasteiger charge is -2.59. The molecule has 5 nitrogen and oxygen atoms in total. The lowest BCUT2D eigenvalue weighted by Crippen LogP contribution is -2.60. The van der Waals surface area contributed by atoms with E-state index in [1.807, 2.05) is 19.3 Å². The van der Waals surface area contributed by atoms with Crippen LogP contribution >= 0.6 is 0 Å². The van der Waals surface area contributed by atoms with E-state index in [1.54, 1.807) is 6.21 Å². The monoisotopic (exact) mass is 507 g/mol. The topological polar surface area (TPSA) is 54.8 Å². The van der Waals surface area contributed by atoms with Gasteiger partial charge in [0.15, 0.2) is 0 Å². The van der Waals surface area contributed by atoms with Crippen molar-refractivity contribution >= 4 is 18.1 Å². The van der Waals surface area contributed by atoms with Crippen molar-refractivity contribution in [3.8, 4) is 5.75 Å². The molecule has 1 saturated carbocycles. The van der Waals surface area contributed by atoms with Crippen molar-refractivity contribution < 1.29 is 9.53 Å². The highest BCUT2D eigenvalue weighted by molar-refractivity contribution is 5.73. The van der Waals surface area contributed by atoms with Crippen molar-refractivity contribution in [3.05, 3.63) is 42.9 Å². The molecule has 1 saturated heterocycles. The predicted octanol–water partition coefficient (Wildman–Crippen LogP) is 7.38. The Balaban J connectivity index is 0.000000695. The van der Waals surface area contributed by atoms with Gasteiger partial charge in [-0.05, 0) is 113 Å². The van der Waals surface area contributed by atoms with Crippen LogP contribution in [0, 0.1) is 23.2 Å². The van der Waals surface area contributed by atoms with Gasteiger partial charge in [-0.15, -0.1) is 0 Å². The Kier molecular flexibility index (Phi) is 10.7. The third-order valence-corrected chi connectivity index (χ3v) is 9.49. The van der Waals surface area contributed by atoms with E-state index in [4.69, 9.17) is 4.74 Å². The number of aliphatic imine (C=N–C) groups is 1. The highest BCUT2D eigenvalue weighted by Crippen LogP contribution is 2.63. The molecule has 5 unspecified atom stereocenters. The number of ether oxygens (including phenoxy) is 1. The standard InChI is InChI=1S/C28H42N2O2.C4H7N/c1-5-17-32-22-18-21(19-29-20-22)24-9-10-25-23-12-15-30(4)28(3,13-7-6-8-16-31)26(23)11-14-27(24,25)2;1-3-5-4-2/h9,16,18-20,23,25-26H,5-8,10-15,17H2,1-4H3;3-4H,1H2,2H3. The number of rotatable bonds is 10. The Morgan fingerprint density at radius 1 is 1.24 bits per heavy atom. The summed E-state index contributed by atoms with van der Waals surface area (Å²) < 4.78 is 5.89. The molecular formula is C32H49N3O2. The minimum atomic E-state index is 0.237. The van der Waals surface area contributed by atoms with Crippen molar-refractivity contribution in [2.75, 3.05) is 20.2 Å². The van der Waals surface area contributed by atoms with Gasteiger partial charge in [-0.2, -0.15) is 0 Å². The Bertz CT molecular complexity index is 957. The molecule has 0 amide bonds. The molecule has 1 aliphatic heterocycles. The molecule has 0 bridgehead atoms. The molecule has 2 fully saturated rings. The molecule has 5 atom stereocenters. The van der Waals surface area contributed by atoms with Crippen LogP contribution in [-0.4, -0.2) is 48.1 Å². The van der Waals surface area contributed by atoms with Crippen molar-refractivity contribution in [1.82, 2.24) is 9.88 Å². The van der Waals surface area contributed by atoms with Crippen LogP contribution in [0.4, 0.5) is 0 Å². The van der Waals surface area contributed by atoms with E-state index in [2.05, 4.69) is 61.4 Å². The quantitative estimate of drug-likeness (QED) is 0.188. The van der Waals surface area contributed by atoms with Crippen LogP contribution in [0.5, 0.6) is 5.75 Å². The molecule has 0 aromatic carbocycles. The molecule has 1 aromatic heterocycles. The summed E-state index contributed by atoms with van der Waals surface area (Å²) in [7, 11) is 2.33. The number of unbranched alkanes of at least 4 members (excludes halogenated alkanes) is 2. The number of nitrogens with zero attached hydrogens (tertiary/aromatic N) is 3. The number of allylic oxidation sites excluding steroid dienone is 2. The van der Waals surface area contributed by atoms with Crippen LogP contribution in [0.1, 0.15) is 91.0 Å². The Labute approximate surface area is 225 Å². The largest absolute Gasteiger partial charge is 0.492 e. The molecule has 204 valence electrons. The van der Waals surface area contributed by atoms with E-state index in [9.17, 15) is 4.79 Å². The number of piperidine rings is 1.